The van der Waals surface area contributed by atoms with E-state index in [1.807, 2.05) is 12.2 Å². The van der Waals surface area contributed by atoms with Crippen LogP contribution < -0.4 is 4.90 Å². The van der Waals surface area contributed by atoms with Crippen molar-refractivity contribution in [1.29, 1.82) is 0 Å². The first kappa shape index (κ1) is 18.1. The Balaban J connectivity index is 1.44. The molecule has 1 spiro atoms. The molecule has 150 valence electrons. The van der Waals surface area contributed by atoms with Crippen molar-refractivity contribution >= 4 is 17.5 Å². The van der Waals surface area contributed by atoms with Crippen LogP contribution in [0.3, 0.4) is 0 Å². The molecule has 2 fully saturated rings. The van der Waals surface area contributed by atoms with Gasteiger partial charge in [-0.05, 0) is 30.7 Å². The fourth-order valence-corrected chi connectivity index (χ4v) is 4.80. The monoisotopic (exact) mass is 397 g/mol. The van der Waals surface area contributed by atoms with Gasteiger partial charge in [0.1, 0.15) is 11.4 Å². The summed E-state index contributed by atoms with van der Waals surface area (Å²) in [5, 5.41) is 3.66. The number of aryl methyl sites for hydroxylation is 1. The van der Waals surface area contributed by atoms with Gasteiger partial charge in [0.15, 0.2) is 5.76 Å². The van der Waals surface area contributed by atoms with Crippen LogP contribution in [0.2, 0.25) is 0 Å². The van der Waals surface area contributed by atoms with Crippen LogP contribution in [0.4, 0.5) is 10.1 Å². The topological polar surface area (TPSA) is 75.9 Å². The number of hydrogen-bond acceptors (Lipinski definition) is 5. The van der Waals surface area contributed by atoms with Crippen LogP contribution in [0.1, 0.15) is 11.3 Å². The summed E-state index contributed by atoms with van der Waals surface area (Å²) in [6, 6.07) is 6.03. The molecule has 29 heavy (non-hydrogen) atoms. The molecular weight excluding hydrogens is 377 g/mol. The van der Waals surface area contributed by atoms with Crippen molar-refractivity contribution in [3.63, 3.8) is 0 Å². The molecule has 0 radical (unpaired) electrons. The lowest BCUT2D eigenvalue weighted by Gasteiger charge is -2.27. The minimum Gasteiger partial charge on any atom is -0.360 e. The summed E-state index contributed by atoms with van der Waals surface area (Å²) in [6.45, 7) is 2.34. The van der Waals surface area contributed by atoms with Crippen LogP contribution in [0.15, 0.2) is 47.1 Å². The number of benzene rings is 1. The zero-order valence-electron chi connectivity index (χ0n) is 16.0. The van der Waals surface area contributed by atoms with Crippen LogP contribution in [0.25, 0.3) is 0 Å². The average Bonchev–Trinajstić information content (AvgIpc) is 3.44. The van der Waals surface area contributed by atoms with Gasteiger partial charge in [-0.15, -0.1) is 0 Å². The molecule has 1 aromatic heterocycles. The second-order valence-corrected chi connectivity index (χ2v) is 7.93. The standard InChI is InChI=1S/C21H20FN3O4/c1-12-9-13(22)3-4-15(12)25-11-21-7-5-16(28-21)17(18(21)20(25)27)19(26)24(2)10-14-6-8-23-29-14/h3-9,16-18H,10-11H2,1-2H3/t16-,17?,18?,21-/m1/s1. The van der Waals surface area contributed by atoms with Crippen molar-refractivity contribution < 1.29 is 23.2 Å². The van der Waals surface area contributed by atoms with Gasteiger partial charge in [-0.2, -0.15) is 0 Å². The van der Waals surface area contributed by atoms with E-state index in [9.17, 15) is 14.0 Å². The summed E-state index contributed by atoms with van der Waals surface area (Å²) in [6.07, 6.45) is 4.87. The number of fused-ring (bicyclic) bond motifs is 1. The Morgan fingerprint density at radius 3 is 2.97 bits per heavy atom. The number of aromatic nitrogens is 1. The Hall–Kier alpha value is -3.00. The summed E-state index contributed by atoms with van der Waals surface area (Å²) < 4.78 is 24.8. The van der Waals surface area contributed by atoms with Crippen molar-refractivity contribution in [2.45, 2.75) is 25.2 Å². The highest BCUT2D eigenvalue weighted by atomic mass is 19.1. The Labute approximate surface area is 166 Å². The third-order valence-corrected chi connectivity index (χ3v) is 6.10. The van der Waals surface area contributed by atoms with Gasteiger partial charge in [0.05, 0.1) is 37.2 Å². The van der Waals surface area contributed by atoms with Gasteiger partial charge in [0, 0.05) is 18.8 Å². The highest BCUT2D eigenvalue weighted by Gasteiger charge is 2.67. The molecule has 3 aliphatic heterocycles. The largest absolute Gasteiger partial charge is 0.360 e. The quantitative estimate of drug-likeness (QED) is 0.739. The summed E-state index contributed by atoms with van der Waals surface area (Å²) >= 11 is 0. The number of hydrogen-bond donors (Lipinski definition) is 0. The number of ether oxygens (including phenoxy) is 1. The third kappa shape index (κ3) is 2.62. The van der Waals surface area contributed by atoms with E-state index in [0.29, 0.717) is 23.6 Å². The van der Waals surface area contributed by atoms with Gasteiger partial charge in [-0.3, -0.25) is 9.59 Å². The molecule has 2 amide bonds. The lowest BCUT2D eigenvalue weighted by molar-refractivity contribution is -0.139. The third-order valence-electron chi connectivity index (χ3n) is 6.10. The number of carbonyl (C=O) groups is 2. The fourth-order valence-electron chi connectivity index (χ4n) is 4.80. The lowest BCUT2D eigenvalue weighted by atomic mass is 9.76. The van der Waals surface area contributed by atoms with Crippen molar-refractivity contribution in [1.82, 2.24) is 10.1 Å². The van der Waals surface area contributed by atoms with Crippen molar-refractivity contribution in [2.75, 3.05) is 18.5 Å². The normalized spacial score (nSPS) is 29.6. The predicted molar refractivity (Wildman–Crippen MR) is 100 cm³/mol. The van der Waals surface area contributed by atoms with Gasteiger partial charge in [-0.25, -0.2) is 4.39 Å². The predicted octanol–water partition coefficient (Wildman–Crippen LogP) is 2.07. The van der Waals surface area contributed by atoms with E-state index >= 15 is 0 Å². The Morgan fingerprint density at radius 1 is 1.41 bits per heavy atom. The maximum Gasteiger partial charge on any atom is 0.234 e. The van der Waals surface area contributed by atoms with Crippen LogP contribution in [0, 0.1) is 24.6 Å². The Morgan fingerprint density at radius 2 is 2.24 bits per heavy atom. The van der Waals surface area contributed by atoms with Gasteiger partial charge >= 0.3 is 0 Å². The molecule has 5 rings (SSSR count). The number of halogens is 1. The molecule has 3 aliphatic rings. The average molecular weight is 397 g/mol. The summed E-state index contributed by atoms with van der Waals surface area (Å²) in [7, 11) is 1.68. The molecule has 2 bridgehead atoms. The molecule has 0 aliphatic carbocycles. The van der Waals surface area contributed by atoms with Gasteiger partial charge < -0.3 is 19.1 Å². The number of nitrogens with zero attached hydrogens (tertiary/aromatic N) is 3. The van der Waals surface area contributed by atoms with E-state index in [1.54, 1.807) is 31.0 Å². The molecule has 0 N–H and O–H groups in total. The summed E-state index contributed by atoms with van der Waals surface area (Å²) in [5.74, 6) is -1.34. The highest BCUT2D eigenvalue weighted by Crippen LogP contribution is 2.53. The van der Waals surface area contributed by atoms with Crippen molar-refractivity contribution in [3.8, 4) is 0 Å². The fraction of sp³-hybridized carbons (Fsp3) is 0.381. The first-order chi connectivity index (χ1) is 13.9. The van der Waals surface area contributed by atoms with Gasteiger partial charge in [0.25, 0.3) is 0 Å². The number of carbonyl (C=O) groups excluding carboxylic acids is 2. The molecular formula is C21H20FN3O4. The zero-order chi connectivity index (χ0) is 20.3. The lowest BCUT2D eigenvalue weighted by Crippen LogP contribution is -2.44. The maximum atomic E-state index is 13.5. The highest BCUT2D eigenvalue weighted by molar-refractivity contribution is 6.03. The number of amides is 2. The molecule has 2 saturated heterocycles. The van der Waals surface area contributed by atoms with Crippen molar-refractivity contribution in [3.05, 3.63) is 59.8 Å². The SMILES string of the molecule is Cc1cc(F)ccc1N1C[C@@]23C=C[C@@H](O2)C(C(=O)N(C)Cc2ccno2)C3C1=O. The summed E-state index contributed by atoms with van der Waals surface area (Å²) in [5.41, 5.74) is 0.482. The van der Waals surface area contributed by atoms with Gasteiger partial charge in [0.2, 0.25) is 11.8 Å². The first-order valence-electron chi connectivity index (χ1n) is 9.49. The molecule has 8 heteroatoms. The minimum absolute atomic E-state index is 0.169. The second-order valence-electron chi connectivity index (χ2n) is 7.93. The smallest absolute Gasteiger partial charge is 0.234 e. The van der Waals surface area contributed by atoms with Gasteiger partial charge in [-0.1, -0.05) is 17.3 Å². The minimum atomic E-state index is -0.823. The van der Waals surface area contributed by atoms with E-state index < -0.39 is 23.5 Å². The van der Waals surface area contributed by atoms with Crippen LogP contribution in [-0.4, -0.2) is 47.2 Å². The summed E-state index contributed by atoms with van der Waals surface area (Å²) in [4.78, 5) is 29.8. The van der Waals surface area contributed by atoms with Crippen molar-refractivity contribution in [2.24, 2.45) is 11.8 Å². The van der Waals surface area contributed by atoms with Crippen LogP contribution >= 0.6 is 0 Å². The van der Waals surface area contributed by atoms with Crippen LogP contribution in [0.5, 0.6) is 0 Å². The van der Waals surface area contributed by atoms with E-state index in [1.165, 1.54) is 23.2 Å². The number of rotatable bonds is 4. The molecule has 4 heterocycles. The van der Waals surface area contributed by atoms with Crippen LogP contribution in [-0.2, 0) is 20.9 Å². The van der Waals surface area contributed by atoms with E-state index in [0.717, 1.165) is 0 Å². The van der Waals surface area contributed by atoms with E-state index in [-0.39, 0.29) is 24.2 Å². The molecule has 2 aromatic rings. The second kappa shape index (κ2) is 6.25. The molecule has 1 aromatic carbocycles. The number of anilines is 1. The molecule has 2 unspecified atom stereocenters. The zero-order valence-corrected chi connectivity index (χ0v) is 16.0. The van der Waals surface area contributed by atoms with E-state index in [2.05, 4.69) is 5.16 Å². The Kier molecular flexibility index (Phi) is 3.89. The molecule has 0 saturated carbocycles. The Bertz CT molecular complexity index is 1020. The molecule has 4 atom stereocenters. The molecule has 7 nitrogen and oxygen atoms in total. The van der Waals surface area contributed by atoms with E-state index in [4.69, 9.17) is 9.26 Å². The first-order valence-corrected chi connectivity index (χ1v) is 9.49. The maximum absolute atomic E-state index is 13.5.